The Labute approximate surface area is 61.9 Å². The molecule has 0 amide bonds. The van der Waals surface area contributed by atoms with Gasteiger partial charge in [-0.05, 0) is 0 Å². The van der Waals surface area contributed by atoms with E-state index in [0.29, 0.717) is 0 Å². The fraction of sp³-hybridized carbons (Fsp3) is 1.00. The molecule has 1 aliphatic rings. The molecule has 0 atom stereocenters. The van der Waals surface area contributed by atoms with E-state index < -0.39 is 0 Å². The molecule has 0 aromatic heterocycles. The van der Waals surface area contributed by atoms with Gasteiger partial charge in [0, 0.05) is 0 Å². The Morgan fingerprint density at radius 2 is 2.43 bits per heavy atom. The van der Waals surface area contributed by atoms with Gasteiger partial charge in [0.2, 0.25) is 0 Å². The molecule has 7 heavy (non-hydrogen) atoms. The first kappa shape index (κ1) is 6.62. The van der Waals surface area contributed by atoms with Crippen LogP contribution in [0.4, 0.5) is 0 Å². The van der Waals surface area contributed by atoms with E-state index >= 15 is 0 Å². The topological polar surface area (TPSA) is 0 Å². The molecule has 1 rings (SSSR count). The predicted molar refractivity (Wildman–Crippen MR) is 40.3 cm³/mol. The van der Waals surface area contributed by atoms with Gasteiger partial charge in [0.1, 0.15) is 0 Å². The molecular weight excluding hydrogens is 231 g/mol. The molecule has 40 valence electrons. The van der Waals surface area contributed by atoms with E-state index in [1.807, 2.05) is 0 Å². The van der Waals surface area contributed by atoms with Crippen molar-refractivity contribution in [3.05, 3.63) is 0 Å². The van der Waals surface area contributed by atoms with Crippen molar-refractivity contribution in [3.63, 3.8) is 0 Å². The Balaban J connectivity index is 1.93. The minimum atomic E-state index is 0.0891. The summed E-state index contributed by atoms with van der Waals surface area (Å²) in [4.78, 5) is 2.40. The van der Waals surface area contributed by atoms with E-state index in [9.17, 15) is 0 Å². The number of rotatable bonds is 2. The van der Waals surface area contributed by atoms with Crippen LogP contribution in [0.3, 0.4) is 0 Å². The third kappa shape index (κ3) is 2.06. The zero-order chi connectivity index (χ0) is 5.11. The number of hydrogen-bond acceptors (Lipinski definition) is 2. The van der Waals surface area contributed by atoms with Crippen LogP contribution in [0.2, 0.25) is 4.94 Å². The van der Waals surface area contributed by atoms with E-state index in [2.05, 4.69) is 25.6 Å². The monoisotopic (exact) mass is 240 g/mol. The van der Waals surface area contributed by atoms with Gasteiger partial charge in [0.05, 0.1) is 0 Å². The standard InChI is InChI=1S/C3H6S2.CH3.Sn/c4-3-1-5-2-3;;/h3-4H,1-2H2;1H3;/q;;+1/p-1. The first-order valence-electron chi connectivity index (χ1n) is 2.33. The number of hydrogen-bond donors (Lipinski definition) is 0. The minimum absolute atomic E-state index is 0.0891. The summed E-state index contributed by atoms with van der Waals surface area (Å²) in [5, 5.41) is 1.08. The molecule has 1 fully saturated rings. The normalized spacial score (nSPS) is 21.9. The predicted octanol–water partition coefficient (Wildman–Crippen LogP) is 1.50. The van der Waals surface area contributed by atoms with Crippen molar-refractivity contribution in [1.29, 1.82) is 0 Å². The van der Waals surface area contributed by atoms with Crippen LogP contribution in [-0.2, 0) is 0 Å². The Morgan fingerprint density at radius 3 is 2.57 bits per heavy atom. The quantitative estimate of drug-likeness (QED) is 0.669. The molecule has 0 unspecified atom stereocenters. The van der Waals surface area contributed by atoms with Crippen molar-refractivity contribution in [3.8, 4) is 0 Å². The van der Waals surface area contributed by atoms with Crippen LogP contribution in [-0.4, -0.2) is 36.5 Å². The van der Waals surface area contributed by atoms with Crippen LogP contribution < -0.4 is 0 Å². The molecule has 0 aromatic rings. The molecule has 0 aliphatic carbocycles. The van der Waals surface area contributed by atoms with Gasteiger partial charge in [-0.2, -0.15) is 0 Å². The first-order chi connectivity index (χ1) is 3.43. The van der Waals surface area contributed by atoms with Gasteiger partial charge >= 0.3 is 62.2 Å². The van der Waals surface area contributed by atoms with E-state index in [4.69, 9.17) is 0 Å². The second kappa shape index (κ2) is 3.51. The zero-order valence-electron chi connectivity index (χ0n) is 4.31. The summed E-state index contributed by atoms with van der Waals surface area (Å²) in [6.45, 7) is 0. The fourth-order valence-electron chi connectivity index (χ4n) is 0.449. The second-order valence-corrected chi connectivity index (χ2v) is 9.38. The van der Waals surface area contributed by atoms with E-state index in [-0.39, 0.29) is 19.8 Å². The fourth-order valence-corrected chi connectivity index (χ4v) is 8.68. The van der Waals surface area contributed by atoms with Gasteiger partial charge in [-0.25, -0.2) is 0 Å². The van der Waals surface area contributed by atoms with Crippen LogP contribution in [0.1, 0.15) is 0 Å². The van der Waals surface area contributed by atoms with Crippen LogP contribution in [0.25, 0.3) is 0 Å². The molecule has 0 aromatic carbocycles. The molecule has 2 radical (unpaired) electrons. The van der Waals surface area contributed by atoms with Crippen molar-refractivity contribution in [2.24, 2.45) is 0 Å². The Hall–Kier alpha value is 1.50. The van der Waals surface area contributed by atoms with Crippen molar-refractivity contribution in [2.75, 3.05) is 11.5 Å². The molecule has 0 bridgehead atoms. The summed E-state index contributed by atoms with van der Waals surface area (Å²) < 4.78 is 0. The SMILES string of the molecule is [CH3][Sn][S]C1CSC1. The van der Waals surface area contributed by atoms with Crippen molar-refractivity contribution < 1.29 is 0 Å². The van der Waals surface area contributed by atoms with E-state index in [1.54, 1.807) is 0 Å². The maximum absolute atomic E-state index is 2.40. The van der Waals surface area contributed by atoms with E-state index in [1.165, 1.54) is 11.5 Å². The maximum atomic E-state index is 2.40. The molecule has 1 saturated heterocycles. The molecule has 0 spiro atoms. The molecule has 3 heteroatoms. The van der Waals surface area contributed by atoms with Crippen LogP contribution in [0, 0.1) is 0 Å². The molecule has 0 nitrogen and oxygen atoms in total. The zero-order valence-corrected chi connectivity index (χ0v) is 8.80. The molecular formula is C4H8S2Sn. The molecule has 0 saturated carbocycles. The van der Waals surface area contributed by atoms with Crippen molar-refractivity contribution >= 4 is 40.5 Å². The third-order valence-corrected chi connectivity index (χ3v) is 8.36. The van der Waals surface area contributed by atoms with Crippen LogP contribution in [0.15, 0.2) is 0 Å². The van der Waals surface area contributed by atoms with Crippen LogP contribution in [0.5, 0.6) is 0 Å². The summed E-state index contributed by atoms with van der Waals surface area (Å²) in [5.41, 5.74) is 0. The summed E-state index contributed by atoms with van der Waals surface area (Å²) in [7, 11) is 2.27. The molecule has 1 heterocycles. The Kier molecular flexibility index (Phi) is 3.32. The van der Waals surface area contributed by atoms with Crippen molar-refractivity contribution in [1.82, 2.24) is 0 Å². The molecule has 1 aliphatic heterocycles. The van der Waals surface area contributed by atoms with Gasteiger partial charge in [-0.15, -0.1) is 0 Å². The third-order valence-electron chi connectivity index (χ3n) is 0.892. The van der Waals surface area contributed by atoms with Gasteiger partial charge < -0.3 is 0 Å². The van der Waals surface area contributed by atoms with Gasteiger partial charge in [0.15, 0.2) is 0 Å². The Bertz CT molecular complexity index is 53.7. The number of thioether (sulfide) groups is 1. The van der Waals surface area contributed by atoms with Crippen LogP contribution >= 0.6 is 20.7 Å². The van der Waals surface area contributed by atoms with Crippen molar-refractivity contribution in [2.45, 2.75) is 10.2 Å². The average Bonchev–Trinajstić information content (AvgIpc) is 1.55. The Morgan fingerprint density at radius 1 is 1.71 bits per heavy atom. The first-order valence-corrected chi connectivity index (χ1v) is 10.7. The molecule has 0 N–H and O–H groups in total. The summed E-state index contributed by atoms with van der Waals surface area (Å²) in [6, 6.07) is 0. The van der Waals surface area contributed by atoms with Gasteiger partial charge in [-0.3, -0.25) is 0 Å². The summed E-state index contributed by atoms with van der Waals surface area (Å²) in [5.74, 6) is 2.89. The second-order valence-electron chi connectivity index (χ2n) is 1.48. The van der Waals surface area contributed by atoms with Gasteiger partial charge in [0.25, 0.3) is 0 Å². The summed E-state index contributed by atoms with van der Waals surface area (Å²) in [6.07, 6.45) is 0. The van der Waals surface area contributed by atoms with Gasteiger partial charge in [-0.1, -0.05) is 0 Å². The van der Waals surface area contributed by atoms with E-state index in [0.717, 1.165) is 5.25 Å². The summed E-state index contributed by atoms with van der Waals surface area (Å²) >= 11 is 2.18. The average molecular weight is 239 g/mol.